The van der Waals surface area contributed by atoms with Gasteiger partial charge in [0.1, 0.15) is 24.2 Å². The fraction of sp³-hybridized carbons (Fsp3) is 0.240. The molecule has 3 heterocycles. The van der Waals surface area contributed by atoms with Gasteiger partial charge in [0.15, 0.2) is 0 Å². The molecule has 2 aromatic heterocycles. The van der Waals surface area contributed by atoms with Crippen LogP contribution in [0.15, 0.2) is 72.0 Å². The van der Waals surface area contributed by atoms with E-state index in [0.29, 0.717) is 17.1 Å². The number of pyridine rings is 1. The molecule has 0 amide bonds. The van der Waals surface area contributed by atoms with Gasteiger partial charge in [-0.2, -0.15) is 5.10 Å². The Morgan fingerprint density at radius 3 is 2.52 bits per heavy atom. The molecule has 5 rings (SSSR count). The third kappa shape index (κ3) is 4.24. The van der Waals surface area contributed by atoms with Gasteiger partial charge >= 0.3 is 0 Å². The smallest absolute Gasteiger partial charge is 0.262 e. The summed E-state index contributed by atoms with van der Waals surface area (Å²) in [5.41, 5.74) is 3.10. The average molecular weight is 462 g/mol. The highest BCUT2D eigenvalue weighted by Crippen LogP contribution is 2.32. The zero-order chi connectivity index (χ0) is 22.8. The van der Waals surface area contributed by atoms with E-state index in [4.69, 9.17) is 16.3 Å². The Kier molecular flexibility index (Phi) is 5.88. The molecule has 0 bridgehead atoms. The molecule has 0 atom stereocenters. The van der Waals surface area contributed by atoms with Crippen molar-refractivity contribution in [2.75, 3.05) is 25.1 Å². The van der Waals surface area contributed by atoms with E-state index in [0.717, 1.165) is 54.3 Å². The summed E-state index contributed by atoms with van der Waals surface area (Å²) < 4.78 is 8.77. The summed E-state index contributed by atoms with van der Waals surface area (Å²) in [5.74, 6) is 1.64. The lowest BCUT2D eigenvalue weighted by Crippen LogP contribution is -2.32. The first-order valence-corrected chi connectivity index (χ1v) is 11.3. The topological polar surface area (TPSA) is 65.2 Å². The predicted octanol–water partition coefficient (Wildman–Crippen LogP) is 4.41. The number of benzene rings is 2. The van der Waals surface area contributed by atoms with E-state index in [1.54, 1.807) is 22.7 Å². The Balaban J connectivity index is 1.77. The Hall–Kier alpha value is -3.58. The quantitative estimate of drug-likeness (QED) is 0.425. The van der Waals surface area contributed by atoms with Crippen molar-refractivity contribution in [1.29, 1.82) is 0 Å². The summed E-state index contributed by atoms with van der Waals surface area (Å²) in [7, 11) is 1.64. The highest BCUT2D eigenvalue weighted by atomic mass is 35.5. The molecular formula is C25H24ClN5O2. The maximum absolute atomic E-state index is 14.1. The third-order valence-electron chi connectivity index (χ3n) is 5.97. The number of hydrogen-bond donors (Lipinski definition) is 0. The zero-order valence-corrected chi connectivity index (χ0v) is 19.1. The summed E-state index contributed by atoms with van der Waals surface area (Å²) in [6.45, 7) is 2.12. The Labute approximate surface area is 196 Å². The highest BCUT2D eigenvalue weighted by molar-refractivity contribution is 6.30. The number of nitrogens with zero attached hydrogens (tertiary/aromatic N) is 5. The highest BCUT2D eigenvalue weighted by Gasteiger charge is 2.23. The molecule has 7 nitrogen and oxygen atoms in total. The van der Waals surface area contributed by atoms with E-state index < -0.39 is 0 Å². The minimum absolute atomic E-state index is 0.0945. The summed E-state index contributed by atoms with van der Waals surface area (Å²) in [5, 5.41) is 4.82. The Morgan fingerprint density at radius 2 is 1.85 bits per heavy atom. The lowest BCUT2D eigenvalue weighted by atomic mass is 10.00. The van der Waals surface area contributed by atoms with Crippen molar-refractivity contribution in [3.63, 3.8) is 0 Å². The van der Waals surface area contributed by atoms with Gasteiger partial charge in [0.25, 0.3) is 5.56 Å². The molecule has 0 radical (unpaired) electrons. The molecule has 1 aliphatic heterocycles. The van der Waals surface area contributed by atoms with E-state index >= 15 is 0 Å². The van der Waals surface area contributed by atoms with Crippen molar-refractivity contribution < 1.29 is 4.74 Å². The molecule has 0 aliphatic carbocycles. The van der Waals surface area contributed by atoms with Crippen LogP contribution in [0.1, 0.15) is 18.4 Å². The molecule has 33 heavy (non-hydrogen) atoms. The molecule has 168 valence electrons. The molecule has 0 unspecified atom stereocenters. The Morgan fingerprint density at radius 1 is 1.06 bits per heavy atom. The number of anilines is 1. The van der Waals surface area contributed by atoms with E-state index in [2.05, 4.69) is 21.0 Å². The molecule has 1 fully saturated rings. The number of ether oxygens (including phenoxy) is 1. The van der Waals surface area contributed by atoms with Gasteiger partial charge in [-0.3, -0.25) is 9.36 Å². The van der Waals surface area contributed by atoms with Gasteiger partial charge in [-0.25, -0.2) is 9.67 Å². The van der Waals surface area contributed by atoms with Crippen LogP contribution >= 0.6 is 11.6 Å². The first-order valence-electron chi connectivity index (χ1n) is 10.9. The molecule has 0 N–H and O–H groups in total. The molecule has 1 aliphatic rings. The van der Waals surface area contributed by atoms with Crippen LogP contribution in [0.5, 0.6) is 5.75 Å². The molecule has 0 saturated carbocycles. The van der Waals surface area contributed by atoms with Crippen molar-refractivity contribution in [2.24, 2.45) is 0 Å². The van der Waals surface area contributed by atoms with Crippen molar-refractivity contribution >= 4 is 17.4 Å². The van der Waals surface area contributed by atoms with Gasteiger partial charge in [0, 0.05) is 23.7 Å². The minimum Gasteiger partial charge on any atom is -0.497 e. The Bertz CT molecular complexity index is 1310. The standard InChI is InChI=1S/C25H24ClN5O2/c1-33-21-9-7-18(8-10-21)22-14-24(29-11-2-3-12-29)31(20-6-4-5-19(26)13-20)25(32)23(22)15-30-17-27-16-28-30/h4-10,13-14,16-17H,2-3,11-12,15H2,1H3. The summed E-state index contributed by atoms with van der Waals surface area (Å²) >= 11 is 6.31. The maximum atomic E-state index is 14.1. The molecule has 1 saturated heterocycles. The third-order valence-corrected chi connectivity index (χ3v) is 6.21. The average Bonchev–Trinajstić information content (AvgIpc) is 3.55. The van der Waals surface area contributed by atoms with Crippen molar-refractivity contribution in [1.82, 2.24) is 19.3 Å². The molecular weight excluding hydrogens is 438 g/mol. The number of rotatable bonds is 6. The second-order valence-electron chi connectivity index (χ2n) is 8.03. The van der Waals surface area contributed by atoms with E-state index in [1.165, 1.54) is 6.33 Å². The van der Waals surface area contributed by atoms with Crippen LogP contribution in [0.25, 0.3) is 16.8 Å². The van der Waals surface area contributed by atoms with Gasteiger partial charge in [0.05, 0.1) is 19.3 Å². The van der Waals surface area contributed by atoms with Crippen LogP contribution in [0.4, 0.5) is 5.82 Å². The fourth-order valence-corrected chi connectivity index (χ4v) is 4.52. The van der Waals surface area contributed by atoms with E-state index in [-0.39, 0.29) is 5.56 Å². The van der Waals surface area contributed by atoms with Crippen LogP contribution in [-0.2, 0) is 6.54 Å². The van der Waals surface area contributed by atoms with Crippen LogP contribution in [0, 0.1) is 0 Å². The molecule has 2 aromatic carbocycles. The first-order chi connectivity index (χ1) is 16.1. The maximum Gasteiger partial charge on any atom is 0.262 e. The summed E-state index contributed by atoms with van der Waals surface area (Å²) in [4.78, 5) is 20.4. The lowest BCUT2D eigenvalue weighted by molar-refractivity contribution is 0.415. The fourth-order valence-electron chi connectivity index (χ4n) is 4.34. The second kappa shape index (κ2) is 9.11. The van der Waals surface area contributed by atoms with Crippen LogP contribution < -0.4 is 15.2 Å². The normalized spacial score (nSPS) is 13.5. The second-order valence-corrected chi connectivity index (χ2v) is 8.47. The molecule has 4 aromatic rings. The van der Waals surface area contributed by atoms with Gasteiger partial charge in [0.2, 0.25) is 0 Å². The summed E-state index contributed by atoms with van der Waals surface area (Å²) in [6, 6.07) is 17.3. The summed E-state index contributed by atoms with van der Waals surface area (Å²) in [6.07, 6.45) is 5.29. The predicted molar refractivity (Wildman–Crippen MR) is 130 cm³/mol. The number of methoxy groups -OCH3 is 1. The van der Waals surface area contributed by atoms with Crippen LogP contribution in [0.2, 0.25) is 5.02 Å². The van der Waals surface area contributed by atoms with Crippen molar-refractivity contribution in [2.45, 2.75) is 19.4 Å². The largest absolute Gasteiger partial charge is 0.497 e. The van der Waals surface area contributed by atoms with Gasteiger partial charge < -0.3 is 9.64 Å². The minimum atomic E-state index is -0.0945. The number of aromatic nitrogens is 4. The van der Waals surface area contributed by atoms with Crippen molar-refractivity contribution in [3.05, 3.63) is 88.2 Å². The number of hydrogen-bond acceptors (Lipinski definition) is 5. The zero-order valence-electron chi connectivity index (χ0n) is 18.3. The SMILES string of the molecule is COc1ccc(-c2cc(N3CCCC3)n(-c3cccc(Cl)c3)c(=O)c2Cn2cncn2)cc1. The molecule has 8 heteroatoms. The van der Waals surface area contributed by atoms with Crippen LogP contribution in [0.3, 0.4) is 0 Å². The van der Waals surface area contributed by atoms with Crippen molar-refractivity contribution in [3.8, 4) is 22.6 Å². The number of halogens is 1. The monoisotopic (exact) mass is 461 g/mol. The van der Waals surface area contributed by atoms with Gasteiger partial charge in [-0.15, -0.1) is 0 Å². The lowest BCUT2D eigenvalue weighted by Gasteiger charge is -2.25. The van der Waals surface area contributed by atoms with E-state index in [9.17, 15) is 4.79 Å². The molecule has 0 spiro atoms. The van der Waals surface area contributed by atoms with Gasteiger partial charge in [-0.1, -0.05) is 29.8 Å². The first kappa shape index (κ1) is 21.3. The van der Waals surface area contributed by atoms with Gasteiger partial charge in [-0.05, 0) is 60.4 Å². The van der Waals surface area contributed by atoms with Crippen LogP contribution in [-0.4, -0.2) is 39.5 Å². The van der Waals surface area contributed by atoms with E-state index in [1.807, 2.05) is 48.5 Å².